The number of unbranched alkanes of at least 4 members (excludes halogenated alkanes) is 1. The van der Waals surface area contributed by atoms with Crippen LogP contribution < -0.4 is 0 Å². The lowest BCUT2D eigenvalue weighted by molar-refractivity contribution is -0.160. The third-order valence-corrected chi connectivity index (χ3v) is 3.29. The van der Waals surface area contributed by atoms with Crippen LogP contribution >= 0.6 is 0 Å². The number of hydrogen-bond donors (Lipinski definition) is 2. The molecule has 0 atom stereocenters. The Bertz CT molecular complexity index is 342. The second kappa shape index (κ2) is 7.44. The highest BCUT2D eigenvalue weighted by Crippen LogP contribution is 2.25. The van der Waals surface area contributed by atoms with E-state index in [1.807, 2.05) is 6.92 Å². The molecule has 0 radical (unpaired) electrons. The van der Waals surface area contributed by atoms with E-state index in [1.165, 1.54) is 0 Å². The molecule has 1 aliphatic rings. The molecule has 0 aromatic carbocycles. The van der Waals surface area contributed by atoms with Crippen molar-refractivity contribution < 1.29 is 24.5 Å². The lowest BCUT2D eigenvalue weighted by Crippen LogP contribution is -2.65. The maximum Gasteiger partial charge on any atom is 0.329 e. The SMILES string of the molecule is CCCCN(CCO)C(=O)N1CC(C)(OCC(=O)O)C1. The van der Waals surface area contributed by atoms with Crippen LogP contribution in [0.5, 0.6) is 0 Å². The second-order valence-electron chi connectivity index (χ2n) is 5.34. The molecule has 7 nitrogen and oxygen atoms in total. The predicted octanol–water partition coefficient (Wildman–Crippen LogP) is 0.376. The fourth-order valence-electron chi connectivity index (χ4n) is 2.20. The predicted molar refractivity (Wildman–Crippen MR) is 72.5 cm³/mol. The normalized spacial score (nSPS) is 16.6. The summed E-state index contributed by atoms with van der Waals surface area (Å²) in [5.41, 5.74) is -0.580. The number of aliphatic hydroxyl groups excluding tert-OH is 1. The zero-order valence-electron chi connectivity index (χ0n) is 12.2. The topological polar surface area (TPSA) is 90.3 Å². The first-order valence-electron chi connectivity index (χ1n) is 6.92. The molecule has 0 unspecified atom stereocenters. The highest BCUT2D eigenvalue weighted by atomic mass is 16.5. The monoisotopic (exact) mass is 288 g/mol. The van der Waals surface area contributed by atoms with Gasteiger partial charge in [0.25, 0.3) is 0 Å². The van der Waals surface area contributed by atoms with Crippen LogP contribution in [-0.2, 0) is 9.53 Å². The Balaban J connectivity index is 2.43. The van der Waals surface area contributed by atoms with Gasteiger partial charge >= 0.3 is 12.0 Å². The highest BCUT2D eigenvalue weighted by Gasteiger charge is 2.43. The zero-order chi connectivity index (χ0) is 15.2. The Morgan fingerprint density at radius 1 is 1.35 bits per heavy atom. The number of aliphatic carboxylic acids is 1. The maximum atomic E-state index is 12.2. The molecule has 0 aromatic rings. The molecule has 2 amide bonds. The fourth-order valence-corrected chi connectivity index (χ4v) is 2.20. The standard InChI is InChI=1S/C13H24N2O5/c1-3-4-5-14(6-7-16)12(19)15-9-13(2,10-15)20-8-11(17)18/h16H,3-10H2,1-2H3,(H,17,18). The lowest BCUT2D eigenvalue weighted by Gasteiger charge is -2.48. The smallest absolute Gasteiger partial charge is 0.329 e. The number of amides is 2. The number of rotatable bonds is 8. The van der Waals surface area contributed by atoms with Crippen molar-refractivity contribution in [2.45, 2.75) is 32.3 Å². The minimum Gasteiger partial charge on any atom is -0.480 e. The van der Waals surface area contributed by atoms with Crippen molar-refractivity contribution in [3.63, 3.8) is 0 Å². The van der Waals surface area contributed by atoms with Gasteiger partial charge in [0.1, 0.15) is 12.2 Å². The van der Waals surface area contributed by atoms with Crippen molar-refractivity contribution in [3.05, 3.63) is 0 Å². The van der Waals surface area contributed by atoms with Crippen LogP contribution in [0.15, 0.2) is 0 Å². The summed E-state index contributed by atoms with van der Waals surface area (Å²) in [4.78, 5) is 25.9. The fraction of sp³-hybridized carbons (Fsp3) is 0.846. The van der Waals surface area contributed by atoms with E-state index in [9.17, 15) is 9.59 Å². The van der Waals surface area contributed by atoms with Crippen LogP contribution in [0, 0.1) is 0 Å². The zero-order valence-corrected chi connectivity index (χ0v) is 12.2. The van der Waals surface area contributed by atoms with Gasteiger partial charge < -0.3 is 24.7 Å². The van der Waals surface area contributed by atoms with Crippen LogP contribution in [-0.4, -0.2) is 77.0 Å². The van der Waals surface area contributed by atoms with Gasteiger partial charge in [0.2, 0.25) is 0 Å². The summed E-state index contributed by atoms with van der Waals surface area (Å²) in [6.45, 7) is 5.14. The van der Waals surface area contributed by atoms with Gasteiger partial charge in [-0.05, 0) is 13.3 Å². The van der Waals surface area contributed by atoms with Crippen LogP contribution in [0.3, 0.4) is 0 Å². The number of carbonyl (C=O) groups excluding carboxylic acids is 1. The molecule has 2 N–H and O–H groups in total. The number of nitrogens with zero attached hydrogens (tertiary/aromatic N) is 2. The molecule has 1 heterocycles. The number of urea groups is 1. The molecule has 1 aliphatic heterocycles. The molecule has 7 heteroatoms. The van der Waals surface area contributed by atoms with E-state index < -0.39 is 11.6 Å². The van der Waals surface area contributed by atoms with E-state index in [2.05, 4.69) is 0 Å². The summed E-state index contributed by atoms with van der Waals surface area (Å²) in [5.74, 6) is -1.01. The number of carbonyl (C=O) groups is 2. The molecule has 1 fully saturated rings. The largest absolute Gasteiger partial charge is 0.480 e. The number of likely N-dealkylation sites (tertiary alicyclic amines) is 1. The van der Waals surface area contributed by atoms with Gasteiger partial charge in [-0.15, -0.1) is 0 Å². The molecule has 0 bridgehead atoms. The third kappa shape index (κ3) is 4.64. The van der Waals surface area contributed by atoms with Crippen LogP contribution in [0.1, 0.15) is 26.7 Å². The first kappa shape index (κ1) is 16.7. The highest BCUT2D eigenvalue weighted by molar-refractivity contribution is 5.75. The van der Waals surface area contributed by atoms with E-state index in [4.69, 9.17) is 14.9 Å². The molecule has 0 saturated carbocycles. The van der Waals surface area contributed by atoms with E-state index in [-0.39, 0.29) is 19.2 Å². The maximum absolute atomic E-state index is 12.2. The quantitative estimate of drug-likeness (QED) is 0.673. The molecule has 1 rings (SSSR count). The van der Waals surface area contributed by atoms with Crippen LogP contribution in [0.25, 0.3) is 0 Å². The summed E-state index contributed by atoms with van der Waals surface area (Å²) in [7, 11) is 0. The minimum absolute atomic E-state index is 0.0594. The first-order chi connectivity index (χ1) is 9.41. The van der Waals surface area contributed by atoms with Gasteiger partial charge in [0, 0.05) is 13.1 Å². The molecule has 1 saturated heterocycles. The van der Waals surface area contributed by atoms with E-state index in [1.54, 1.807) is 16.7 Å². The van der Waals surface area contributed by atoms with Gasteiger partial charge in [0.05, 0.1) is 19.7 Å². The van der Waals surface area contributed by atoms with Crippen molar-refractivity contribution in [2.24, 2.45) is 0 Å². The average molecular weight is 288 g/mol. The summed E-state index contributed by atoms with van der Waals surface area (Å²) in [5, 5.41) is 17.6. The summed E-state index contributed by atoms with van der Waals surface area (Å²) in [6, 6.07) is -0.121. The van der Waals surface area contributed by atoms with E-state index >= 15 is 0 Å². The van der Waals surface area contributed by atoms with Crippen molar-refractivity contribution >= 4 is 12.0 Å². The van der Waals surface area contributed by atoms with Gasteiger partial charge in [0.15, 0.2) is 0 Å². The lowest BCUT2D eigenvalue weighted by atomic mass is 9.97. The number of carboxylic acid groups (broad SMARTS) is 1. The molecule has 0 aromatic heterocycles. The van der Waals surface area contributed by atoms with E-state index in [0.717, 1.165) is 12.8 Å². The Kier molecular flexibility index (Phi) is 6.22. The van der Waals surface area contributed by atoms with Crippen molar-refractivity contribution in [1.29, 1.82) is 0 Å². The second-order valence-corrected chi connectivity index (χ2v) is 5.34. The van der Waals surface area contributed by atoms with Crippen molar-refractivity contribution in [3.8, 4) is 0 Å². The molecule has 20 heavy (non-hydrogen) atoms. The minimum atomic E-state index is -1.01. The van der Waals surface area contributed by atoms with Gasteiger partial charge in [-0.2, -0.15) is 0 Å². The summed E-state index contributed by atoms with van der Waals surface area (Å²) >= 11 is 0. The molecular weight excluding hydrogens is 264 g/mol. The Morgan fingerprint density at radius 2 is 2.00 bits per heavy atom. The van der Waals surface area contributed by atoms with Crippen molar-refractivity contribution in [1.82, 2.24) is 9.80 Å². The number of ether oxygens (including phenoxy) is 1. The average Bonchev–Trinajstić information content (AvgIpc) is 2.37. The first-order valence-corrected chi connectivity index (χ1v) is 6.92. The Hall–Kier alpha value is -1.34. The van der Waals surface area contributed by atoms with Crippen LogP contribution in [0.4, 0.5) is 4.79 Å². The molecule has 0 spiro atoms. The number of carboxylic acids is 1. The van der Waals surface area contributed by atoms with Gasteiger partial charge in [-0.3, -0.25) is 0 Å². The number of hydrogen-bond acceptors (Lipinski definition) is 4. The van der Waals surface area contributed by atoms with Crippen molar-refractivity contribution in [2.75, 3.05) is 39.4 Å². The number of aliphatic hydroxyl groups is 1. The summed E-state index contributed by atoms with van der Waals surface area (Å²) in [6.07, 6.45) is 1.88. The Labute approximate surface area is 119 Å². The third-order valence-electron chi connectivity index (χ3n) is 3.29. The summed E-state index contributed by atoms with van der Waals surface area (Å²) < 4.78 is 5.27. The van der Waals surface area contributed by atoms with Gasteiger partial charge in [-0.25, -0.2) is 9.59 Å². The Morgan fingerprint density at radius 3 is 2.50 bits per heavy atom. The van der Waals surface area contributed by atoms with Crippen LogP contribution in [0.2, 0.25) is 0 Å². The molecule has 116 valence electrons. The van der Waals surface area contributed by atoms with E-state index in [0.29, 0.717) is 26.2 Å². The van der Waals surface area contributed by atoms with Gasteiger partial charge in [-0.1, -0.05) is 13.3 Å². The molecular formula is C13H24N2O5. The molecule has 0 aliphatic carbocycles.